The fourth-order valence-corrected chi connectivity index (χ4v) is 3.67. The first-order valence-corrected chi connectivity index (χ1v) is 9.71. The third-order valence-electron chi connectivity index (χ3n) is 4.96. The molecule has 0 N–H and O–H groups in total. The summed E-state index contributed by atoms with van der Waals surface area (Å²) in [4.78, 5) is 16.6. The maximum absolute atomic E-state index is 11.9. The predicted molar refractivity (Wildman–Crippen MR) is 110 cm³/mol. The average Bonchev–Trinajstić information content (AvgIpc) is 2.72. The van der Waals surface area contributed by atoms with E-state index < -0.39 is 0 Å². The Morgan fingerprint density at radius 3 is 2.86 bits per heavy atom. The Morgan fingerprint density at radius 2 is 1.96 bits per heavy atom. The smallest absolute Gasteiger partial charge is 0.331 e. The van der Waals surface area contributed by atoms with Gasteiger partial charge >= 0.3 is 5.97 Å². The van der Waals surface area contributed by atoms with E-state index in [-0.39, 0.29) is 5.97 Å². The van der Waals surface area contributed by atoms with Crippen molar-refractivity contribution < 1.29 is 14.3 Å². The molecular weight excluding hydrogens is 350 g/mol. The topological polar surface area (TPSA) is 48.4 Å². The van der Waals surface area contributed by atoms with E-state index in [1.54, 1.807) is 6.08 Å². The van der Waals surface area contributed by atoms with Crippen LogP contribution in [-0.2, 0) is 22.6 Å². The summed E-state index contributed by atoms with van der Waals surface area (Å²) in [5.74, 6) is 0.582. The van der Waals surface area contributed by atoms with Crippen LogP contribution in [-0.4, -0.2) is 17.6 Å². The summed E-state index contributed by atoms with van der Waals surface area (Å²) in [6, 6.07) is 18.2. The molecule has 142 valence electrons. The lowest BCUT2D eigenvalue weighted by Crippen LogP contribution is -2.08. The van der Waals surface area contributed by atoms with Gasteiger partial charge in [0.05, 0.1) is 17.8 Å². The molecule has 0 aliphatic heterocycles. The number of nitrogens with zero attached hydrogens (tertiary/aromatic N) is 1. The summed E-state index contributed by atoms with van der Waals surface area (Å²) in [5, 5.41) is 1.12. The lowest BCUT2D eigenvalue weighted by atomic mass is 9.86. The number of rotatable bonds is 5. The molecule has 3 aromatic rings. The summed E-state index contributed by atoms with van der Waals surface area (Å²) in [6.45, 7) is 2.62. The van der Waals surface area contributed by atoms with Crippen molar-refractivity contribution in [2.24, 2.45) is 0 Å². The molecule has 0 spiro atoms. The van der Waals surface area contributed by atoms with Gasteiger partial charge in [0, 0.05) is 17.0 Å². The van der Waals surface area contributed by atoms with E-state index in [4.69, 9.17) is 9.47 Å². The predicted octanol–water partition coefficient (Wildman–Crippen LogP) is 5.10. The Morgan fingerprint density at radius 1 is 1.07 bits per heavy atom. The van der Waals surface area contributed by atoms with Crippen LogP contribution in [0.4, 0.5) is 0 Å². The molecule has 2 aromatic carbocycles. The molecule has 4 rings (SSSR count). The maximum Gasteiger partial charge on any atom is 0.331 e. The Bertz CT molecular complexity index is 1040. The SMILES string of the molecule is CCOC(=O)/C=C1\CCCc2c(OCc3ccc4ccccc4n3)cccc21. The molecule has 0 bridgehead atoms. The zero-order chi connectivity index (χ0) is 19.3. The van der Waals surface area contributed by atoms with E-state index >= 15 is 0 Å². The van der Waals surface area contributed by atoms with Crippen molar-refractivity contribution in [3.8, 4) is 5.75 Å². The van der Waals surface area contributed by atoms with Crippen LogP contribution >= 0.6 is 0 Å². The molecule has 1 aliphatic carbocycles. The van der Waals surface area contributed by atoms with E-state index in [1.807, 2.05) is 43.3 Å². The number of pyridine rings is 1. The summed E-state index contributed by atoms with van der Waals surface area (Å²) >= 11 is 0. The second-order valence-electron chi connectivity index (χ2n) is 6.84. The van der Waals surface area contributed by atoms with Crippen LogP contribution in [0.1, 0.15) is 36.6 Å². The first-order chi connectivity index (χ1) is 13.7. The zero-order valence-corrected chi connectivity index (χ0v) is 16.0. The van der Waals surface area contributed by atoms with Crippen molar-refractivity contribution in [3.05, 3.63) is 77.5 Å². The molecule has 0 fully saturated rings. The van der Waals surface area contributed by atoms with E-state index in [0.29, 0.717) is 13.2 Å². The minimum absolute atomic E-state index is 0.281. The number of fused-ring (bicyclic) bond motifs is 2. The van der Waals surface area contributed by atoms with Crippen LogP contribution in [0.5, 0.6) is 5.75 Å². The van der Waals surface area contributed by atoms with Gasteiger partial charge in [-0.3, -0.25) is 0 Å². The lowest BCUT2D eigenvalue weighted by molar-refractivity contribution is -0.137. The fourth-order valence-electron chi connectivity index (χ4n) is 3.67. The summed E-state index contributed by atoms with van der Waals surface area (Å²) in [5.41, 5.74) is 5.13. The molecule has 0 atom stereocenters. The van der Waals surface area contributed by atoms with Crippen molar-refractivity contribution in [2.75, 3.05) is 6.61 Å². The highest BCUT2D eigenvalue weighted by atomic mass is 16.5. The van der Waals surface area contributed by atoms with Crippen molar-refractivity contribution >= 4 is 22.4 Å². The third-order valence-corrected chi connectivity index (χ3v) is 4.96. The van der Waals surface area contributed by atoms with Crippen LogP contribution < -0.4 is 4.74 Å². The largest absolute Gasteiger partial charge is 0.487 e. The standard InChI is InChI=1S/C24H23NO3/c1-2-27-24(26)15-18-8-5-10-21-20(18)9-6-12-23(21)28-16-19-14-13-17-7-3-4-11-22(17)25-19/h3-4,6-7,9,11-15H,2,5,8,10,16H2,1H3/b18-15+. The molecule has 0 amide bonds. The van der Waals surface area contributed by atoms with Gasteiger partial charge < -0.3 is 9.47 Å². The van der Waals surface area contributed by atoms with E-state index in [1.165, 1.54) is 0 Å². The number of ether oxygens (including phenoxy) is 2. The van der Waals surface area contributed by atoms with Crippen LogP contribution in [0.3, 0.4) is 0 Å². The number of hydrogen-bond acceptors (Lipinski definition) is 4. The Kier molecular flexibility index (Phi) is 5.38. The van der Waals surface area contributed by atoms with E-state index in [0.717, 1.165) is 58.3 Å². The highest BCUT2D eigenvalue weighted by molar-refractivity contribution is 5.92. The molecule has 0 saturated carbocycles. The normalized spacial score (nSPS) is 14.7. The Balaban J connectivity index is 1.56. The summed E-state index contributed by atoms with van der Waals surface area (Å²) in [7, 11) is 0. The number of carbonyl (C=O) groups is 1. The molecule has 1 aromatic heterocycles. The molecule has 28 heavy (non-hydrogen) atoms. The van der Waals surface area contributed by atoms with Crippen LogP contribution in [0.25, 0.3) is 16.5 Å². The Labute approximate surface area is 164 Å². The molecule has 0 saturated heterocycles. The second-order valence-corrected chi connectivity index (χ2v) is 6.84. The van der Waals surface area contributed by atoms with E-state index in [9.17, 15) is 4.79 Å². The molecular formula is C24H23NO3. The number of carbonyl (C=O) groups excluding carboxylic acids is 1. The highest BCUT2D eigenvalue weighted by Gasteiger charge is 2.19. The second kappa shape index (κ2) is 8.26. The number of para-hydroxylation sites is 1. The van der Waals surface area contributed by atoms with Gasteiger partial charge in [-0.2, -0.15) is 0 Å². The van der Waals surface area contributed by atoms with Gasteiger partial charge in [-0.25, -0.2) is 9.78 Å². The van der Waals surface area contributed by atoms with Crippen molar-refractivity contribution in [2.45, 2.75) is 32.8 Å². The first kappa shape index (κ1) is 18.2. The Hall–Kier alpha value is -3.14. The number of esters is 1. The molecule has 0 radical (unpaired) electrons. The van der Waals surface area contributed by atoms with E-state index in [2.05, 4.69) is 23.2 Å². The van der Waals surface area contributed by atoms with Gasteiger partial charge in [0.1, 0.15) is 12.4 Å². The summed E-state index contributed by atoms with van der Waals surface area (Å²) < 4.78 is 11.2. The summed E-state index contributed by atoms with van der Waals surface area (Å²) in [6.07, 6.45) is 4.43. The van der Waals surface area contributed by atoms with Gasteiger partial charge in [0.2, 0.25) is 0 Å². The lowest BCUT2D eigenvalue weighted by Gasteiger charge is -2.22. The number of hydrogen-bond donors (Lipinski definition) is 0. The molecule has 1 heterocycles. The van der Waals surface area contributed by atoms with Crippen molar-refractivity contribution in [1.82, 2.24) is 4.98 Å². The monoisotopic (exact) mass is 373 g/mol. The number of benzene rings is 2. The van der Waals surface area contributed by atoms with Gasteiger partial charge in [-0.05, 0) is 55.5 Å². The number of aromatic nitrogens is 1. The van der Waals surface area contributed by atoms with Gasteiger partial charge in [0.25, 0.3) is 0 Å². The minimum atomic E-state index is -0.281. The molecule has 4 nitrogen and oxygen atoms in total. The van der Waals surface area contributed by atoms with Gasteiger partial charge in [-0.15, -0.1) is 0 Å². The number of allylic oxidation sites excluding steroid dienone is 1. The fraction of sp³-hybridized carbons (Fsp3) is 0.250. The molecule has 4 heteroatoms. The zero-order valence-electron chi connectivity index (χ0n) is 16.0. The first-order valence-electron chi connectivity index (χ1n) is 9.71. The van der Waals surface area contributed by atoms with Crippen molar-refractivity contribution in [1.29, 1.82) is 0 Å². The quantitative estimate of drug-likeness (QED) is 0.461. The molecule has 1 aliphatic rings. The van der Waals surface area contributed by atoms with Crippen LogP contribution in [0.15, 0.2) is 60.7 Å². The average molecular weight is 373 g/mol. The highest BCUT2D eigenvalue weighted by Crippen LogP contribution is 2.36. The maximum atomic E-state index is 11.9. The molecule has 0 unspecified atom stereocenters. The van der Waals surface area contributed by atoms with Crippen molar-refractivity contribution in [3.63, 3.8) is 0 Å². The van der Waals surface area contributed by atoms with Gasteiger partial charge in [0.15, 0.2) is 0 Å². The third kappa shape index (κ3) is 3.91. The van der Waals surface area contributed by atoms with Gasteiger partial charge in [-0.1, -0.05) is 36.4 Å². The minimum Gasteiger partial charge on any atom is -0.487 e. The van der Waals surface area contributed by atoms with Crippen LogP contribution in [0.2, 0.25) is 0 Å². The van der Waals surface area contributed by atoms with Crippen LogP contribution in [0, 0.1) is 0 Å².